The highest BCUT2D eigenvalue weighted by atomic mass is 19.1. The maximum atomic E-state index is 17.4. The Labute approximate surface area is 219 Å². The van der Waals surface area contributed by atoms with E-state index in [9.17, 15) is 19.8 Å². The molecule has 1 aliphatic heterocycles. The molecule has 0 radical (unpaired) electrons. The lowest BCUT2D eigenvalue weighted by atomic mass is 9.44. The van der Waals surface area contributed by atoms with Crippen LogP contribution in [0.2, 0.25) is 0 Å². The Balaban J connectivity index is 1.43. The molecule has 4 aliphatic carbocycles. The molecule has 9 heteroatoms. The highest BCUT2D eigenvalue weighted by Gasteiger charge is 2.79. The number of nitriles is 1. The average Bonchev–Trinajstić information content (AvgIpc) is 3.40. The van der Waals surface area contributed by atoms with Crippen molar-refractivity contribution >= 4 is 17.3 Å². The summed E-state index contributed by atoms with van der Waals surface area (Å²) >= 11 is 0. The molecule has 0 bridgehead atoms. The van der Waals surface area contributed by atoms with Crippen LogP contribution < -0.4 is 5.06 Å². The zero-order chi connectivity index (χ0) is 27.3. The molecule has 1 saturated heterocycles. The van der Waals surface area contributed by atoms with E-state index in [4.69, 9.17) is 10.1 Å². The van der Waals surface area contributed by atoms with E-state index in [1.165, 1.54) is 12.2 Å². The van der Waals surface area contributed by atoms with Crippen LogP contribution in [-0.4, -0.2) is 58.5 Å². The fourth-order valence-corrected chi connectivity index (χ4v) is 8.72. The Morgan fingerprint density at radius 2 is 1.95 bits per heavy atom. The van der Waals surface area contributed by atoms with E-state index in [2.05, 4.69) is 6.07 Å². The molecule has 6 rings (SSSR count). The van der Waals surface area contributed by atoms with Gasteiger partial charge in [0.2, 0.25) is 0 Å². The topological polar surface area (TPSA) is 111 Å². The second kappa shape index (κ2) is 8.04. The number of carbonyl (C=O) groups is 2. The zero-order valence-corrected chi connectivity index (χ0v) is 21.2. The third-order valence-electron chi connectivity index (χ3n) is 10.5. The summed E-state index contributed by atoms with van der Waals surface area (Å²) in [6.45, 7) is 2.82. The first-order valence-corrected chi connectivity index (χ1v) is 13.0. The van der Waals surface area contributed by atoms with Gasteiger partial charge < -0.3 is 10.2 Å². The smallest absolute Gasteiger partial charge is 0.193 e. The van der Waals surface area contributed by atoms with Gasteiger partial charge in [-0.1, -0.05) is 13.0 Å². The van der Waals surface area contributed by atoms with Crippen LogP contribution in [-0.2, 0) is 14.4 Å². The second-order valence-corrected chi connectivity index (χ2v) is 11.9. The molecule has 38 heavy (non-hydrogen) atoms. The molecular weight excluding hydrogens is 494 g/mol. The van der Waals surface area contributed by atoms with Gasteiger partial charge in [0.25, 0.3) is 0 Å². The van der Waals surface area contributed by atoms with E-state index < -0.39 is 70.3 Å². The summed E-state index contributed by atoms with van der Waals surface area (Å²) < 4.78 is 33.1. The third kappa shape index (κ3) is 2.86. The average molecular weight is 525 g/mol. The molecule has 4 fully saturated rings. The minimum atomic E-state index is -2.25. The van der Waals surface area contributed by atoms with Crippen molar-refractivity contribution in [3.8, 4) is 6.07 Å². The van der Waals surface area contributed by atoms with Crippen molar-refractivity contribution in [3.05, 3.63) is 53.6 Å². The first-order valence-electron chi connectivity index (χ1n) is 13.0. The number of hydrogen-bond donors (Lipinski definition) is 2. The summed E-state index contributed by atoms with van der Waals surface area (Å²) in [6.07, 6.45) is 0.647. The van der Waals surface area contributed by atoms with Gasteiger partial charge in [-0.15, -0.1) is 0 Å². The van der Waals surface area contributed by atoms with Gasteiger partial charge in [0.15, 0.2) is 22.8 Å². The number of carbonyl (C=O) groups excluding carboxylic acids is 2. The molecule has 1 aromatic carbocycles. The Morgan fingerprint density at radius 3 is 2.61 bits per heavy atom. The lowest BCUT2D eigenvalue weighted by Crippen LogP contribution is -2.70. The number of anilines is 1. The summed E-state index contributed by atoms with van der Waals surface area (Å²) in [7, 11) is 0. The number of fused-ring (bicyclic) bond motifs is 7. The summed E-state index contributed by atoms with van der Waals surface area (Å²) in [5, 5.41) is 32.3. The summed E-state index contributed by atoms with van der Waals surface area (Å²) in [5.74, 6) is -2.84. The molecular formula is C29H30F2N2O5. The van der Waals surface area contributed by atoms with Gasteiger partial charge >= 0.3 is 0 Å². The van der Waals surface area contributed by atoms with Gasteiger partial charge in [0.05, 0.1) is 30.0 Å². The summed E-state index contributed by atoms with van der Waals surface area (Å²) in [5.41, 5.74) is -5.25. The van der Waals surface area contributed by atoms with E-state index in [0.29, 0.717) is 17.7 Å². The SMILES string of the molecule is C[C@]12C=CC(=O)C=C1[C@@H](F)C[C@H]1[C@@H]3C[C@H]4CN(c5ccc(C#N)cc5)O[C@@]4(C(=O)CO)[C@@]3(C)C[C@H](O)[C@@]12F. The number of rotatable bonds is 3. The fourth-order valence-electron chi connectivity index (χ4n) is 8.72. The van der Waals surface area contributed by atoms with Gasteiger partial charge in [0, 0.05) is 22.7 Å². The number of aliphatic hydroxyl groups excluding tert-OH is 2. The number of aliphatic hydroxyl groups is 2. The molecule has 0 amide bonds. The van der Waals surface area contributed by atoms with Crippen LogP contribution >= 0.6 is 0 Å². The maximum absolute atomic E-state index is 17.4. The van der Waals surface area contributed by atoms with Crippen molar-refractivity contribution in [1.29, 1.82) is 5.26 Å². The van der Waals surface area contributed by atoms with Gasteiger partial charge in [0.1, 0.15) is 12.8 Å². The molecule has 0 aromatic heterocycles. The van der Waals surface area contributed by atoms with E-state index in [0.717, 1.165) is 6.08 Å². The number of hydroxylamine groups is 1. The molecule has 0 unspecified atom stereocenters. The quantitative estimate of drug-likeness (QED) is 0.625. The summed E-state index contributed by atoms with van der Waals surface area (Å²) in [4.78, 5) is 32.0. The Hall–Kier alpha value is -2.93. The predicted molar refractivity (Wildman–Crippen MR) is 132 cm³/mol. The lowest BCUT2D eigenvalue weighted by molar-refractivity contribution is -0.228. The van der Waals surface area contributed by atoms with Crippen molar-refractivity contribution in [2.75, 3.05) is 18.2 Å². The number of Topliss-reactive ketones (excluding diaryl/α,β-unsaturated/α-hetero) is 1. The number of benzene rings is 1. The highest BCUT2D eigenvalue weighted by molar-refractivity contribution is 6.01. The Morgan fingerprint density at radius 1 is 1.24 bits per heavy atom. The van der Waals surface area contributed by atoms with Crippen LogP contribution in [0.5, 0.6) is 0 Å². The molecule has 9 atom stereocenters. The zero-order valence-electron chi connectivity index (χ0n) is 21.2. The minimum absolute atomic E-state index is 0.0500. The lowest BCUT2D eigenvalue weighted by Gasteiger charge is -2.63. The summed E-state index contributed by atoms with van der Waals surface area (Å²) in [6, 6.07) is 8.75. The minimum Gasteiger partial charge on any atom is -0.390 e. The molecule has 1 aromatic rings. The van der Waals surface area contributed by atoms with Crippen molar-refractivity contribution in [3.63, 3.8) is 0 Å². The predicted octanol–water partition coefficient (Wildman–Crippen LogP) is 3.15. The van der Waals surface area contributed by atoms with Gasteiger partial charge in [-0.25, -0.2) is 8.78 Å². The van der Waals surface area contributed by atoms with Gasteiger partial charge in [-0.3, -0.25) is 19.5 Å². The number of ketones is 2. The molecule has 3 saturated carbocycles. The Kier molecular flexibility index (Phi) is 5.37. The van der Waals surface area contributed by atoms with Crippen LogP contribution in [0.25, 0.3) is 0 Å². The largest absolute Gasteiger partial charge is 0.390 e. The van der Waals surface area contributed by atoms with Crippen LogP contribution in [0, 0.1) is 39.9 Å². The monoisotopic (exact) mass is 524 g/mol. The van der Waals surface area contributed by atoms with Crippen LogP contribution in [0.1, 0.15) is 38.7 Å². The number of nitrogens with zero attached hydrogens (tertiary/aromatic N) is 2. The normalized spacial score (nSPS) is 45.0. The molecule has 0 spiro atoms. The highest BCUT2D eigenvalue weighted by Crippen LogP contribution is 2.72. The molecule has 2 N–H and O–H groups in total. The fraction of sp³-hybridized carbons (Fsp3) is 0.552. The van der Waals surface area contributed by atoms with Gasteiger partial charge in [-0.2, -0.15) is 5.26 Å². The number of alkyl halides is 2. The van der Waals surface area contributed by atoms with Crippen LogP contribution in [0.4, 0.5) is 14.5 Å². The van der Waals surface area contributed by atoms with E-state index >= 15 is 8.78 Å². The number of hydrogen-bond acceptors (Lipinski definition) is 7. The molecule has 7 nitrogen and oxygen atoms in total. The number of allylic oxidation sites excluding steroid dienone is 4. The standard InChI is InChI=1S/C29H30F2N2O5/c1-26-8-7-19(35)10-22(26)23(30)11-21-20-9-17-14-33(18-5-3-16(13-32)4-6-18)38-29(17,25(37)15-34)27(20,2)12-24(36)28(21,26)31/h3-8,10,17,20-21,23-24,34,36H,9,11-12,14-15H2,1-2H3/t17-,20-,21-,23-,24-,26-,27-,28-,29-/m0/s1. The third-order valence-corrected chi connectivity index (χ3v) is 10.5. The second-order valence-electron chi connectivity index (χ2n) is 11.9. The van der Waals surface area contributed by atoms with Crippen LogP contribution in [0.15, 0.2) is 48.1 Å². The molecule has 1 heterocycles. The van der Waals surface area contributed by atoms with Crippen LogP contribution in [0.3, 0.4) is 0 Å². The van der Waals surface area contributed by atoms with E-state index in [1.807, 2.05) is 0 Å². The Bertz CT molecular complexity index is 1320. The van der Waals surface area contributed by atoms with E-state index in [1.54, 1.807) is 43.2 Å². The van der Waals surface area contributed by atoms with Crippen molar-refractivity contribution in [2.24, 2.45) is 28.6 Å². The van der Waals surface area contributed by atoms with Crippen molar-refractivity contribution < 1.29 is 33.4 Å². The number of halogens is 2. The first kappa shape index (κ1) is 25.4. The van der Waals surface area contributed by atoms with Gasteiger partial charge in [-0.05, 0) is 74.1 Å². The van der Waals surface area contributed by atoms with Crippen molar-refractivity contribution in [1.82, 2.24) is 0 Å². The van der Waals surface area contributed by atoms with E-state index in [-0.39, 0.29) is 25.0 Å². The van der Waals surface area contributed by atoms with Crippen molar-refractivity contribution in [2.45, 2.75) is 56.7 Å². The molecule has 200 valence electrons. The maximum Gasteiger partial charge on any atom is 0.193 e. The molecule has 5 aliphatic rings. The first-order chi connectivity index (χ1) is 18.0.